The second-order valence-electron chi connectivity index (χ2n) is 3.36. The van der Waals surface area contributed by atoms with Gasteiger partial charge in [-0.2, -0.15) is 0 Å². The summed E-state index contributed by atoms with van der Waals surface area (Å²) >= 11 is 0. The van der Waals surface area contributed by atoms with Crippen LogP contribution in [0.25, 0.3) is 0 Å². The third kappa shape index (κ3) is 5.50. The monoisotopic (exact) mass is 229 g/mol. The molecule has 0 spiro atoms. The van der Waals surface area contributed by atoms with Crippen LogP contribution in [0.3, 0.4) is 0 Å². The molecule has 0 rings (SSSR count). The highest BCUT2D eigenvalue weighted by Gasteiger charge is 2.22. The van der Waals surface area contributed by atoms with E-state index in [1.165, 1.54) is 0 Å². The van der Waals surface area contributed by atoms with Crippen molar-refractivity contribution in [3.05, 3.63) is 12.7 Å². The molecule has 2 unspecified atom stereocenters. The number of nitrogens with one attached hydrogen (secondary N) is 1. The number of allylic oxidation sites excluding steroid dienone is 1. The summed E-state index contributed by atoms with van der Waals surface area (Å²) in [6.45, 7) is 7.28. The van der Waals surface area contributed by atoms with E-state index < -0.39 is 24.0 Å². The van der Waals surface area contributed by atoms with Gasteiger partial charge in [0.1, 0.15) is 12.1 Å². The van der Waals surface area contributed by atoms with Crippen LogP contribution < -0.4 is 5.32 Å². The van der Waals surface area contributed by atoms with Crippen molar-refractivity contribution in [3.8, 4) is 0 Å². The van der Waals surface area contributed by atoms with E-state index in [9.17, 15) is 9.59 Å². The number of carboxylic acid groups (broad SMARTS) is 1. The zero-order valence-corrected chi connectivity index (χ0v) is 9.73. The number of carbonyl (C=O) groups excluding carboxylic acids is 1. The number of amides is 1. The quantitative estimate of drug-likeness (QED) is 0.607. The van der Waals surface area contributed by atoms with Gasteiger partial charge in [0.15, 0.2) is 0 Å². The maximum Gasteiger partial charge on any atom is 0.326 e. The Balaban J connectivity index is 4.22. The first kappa shape index (κ1) is 14.6. The van der Waals surface area contributed by atoms with Gasteiger partial charge in [-0.3, -0.25) is 4.79 Å². The summed E-state index contributed by atoms with van der Waals surface area (Å²) < 4.78 is 5.06. The second-order valence-corrected chi connectivity index (χ2v) is 3.36. The minimum absolute atomic E-state index is 0.337. The zero-order valence-electron chi connectivity index (χ0n) is 9.73. The molecular weight excluding hydrogens is 210 g/mol. The fourth-order valence-corrected chi connectivity index (χ4v) is 1.16. The highest BCUT2D eigenvalue weighted by Crippen LogP contribution is 2.00. The Bertz CT molecular complexity index is 252. The molecule has 0 aromatic rings. The number of aliphatic carboxylic acids is 1. The molecule has 0 aliphatic rings. The predicted molar refractivity (Wildman–Crippen MR) is 60.1 cm³/mol. The lowest BCUT2D eigenvalue weighted by Crippen LogP contribution is -2.45. The number of rotatable bonds is 8. The van der Waals surface area contributed by atoms with Crippen molar-refractivity contribution in [1.29, 1.82) is 0 Å². The molecule has 0 aromatic heterocycles. The molecular formula is C11H19NO4. The number of carboxylic acids is 1. The molecule has 0 radical (unpaired) electrons. The lowest BCUT2D eigenvalue weighted by atomic mass is 10.1. The van der Waals surface area contributed by atoms with Crippen LogP contribution in [0.1, 0.15) is 26.7 Å². The van der Waals surface area contributed by atoms with Gasteiger partial charge in [0.25, 0.3) is 0 Å². The molecule has 0 fully saturated rings. The van der Waals surface area contributed by atoms with Crippen molar-refractivity contribution in [2.45, 2.75) is 38.8 Å². The Labute approximate surface area is 95.5 Å². The van der Waals surface area contributed by atoms with E-state index in [0.29, 0.717) is 19.4 Å². The average Bonchev–Trinajstić information content (AvgIpc) is 2.23. The molecule has 0 aliphatic carbocycles. The number of hydrogen-bond donors (Lipinski definition) is 2. The first-order valence-corrected chi connectivity index (χ1v) is 5.28. The average molecular weight is 229 g/mol. The summed E-state index contributed by atoms with van der Waals surface area (Å²) in [5, 5.41) is 11.3. The summed E-state index contributed by atoms with van der Waals surface area (Å²) in [5.74, 6) is -1.45. The fraction of sp³-hybridized carbons (Fsp3) is 0.636. The maximum atomic E-state index is 11.5. The van der Waals surface area contributed by atoms with Gasteiger partial charge in [-0.1, -0.05) is 6.08 Å². The largest absolute Gasteiger partial charge is 0.480 e. The topological polar surface area (TPSA) is 75.6 Å². The summed E-state index contributed by atoms with van der Waals surface area (Å²) in [7, 11) is 0. The van der Waals surface area contributed by atoms with Crippen LogP contribution >= 0.6 is 0 Å². The Kier molecular flexibility index (Phi) is 7.20. The van der Waals surface area contributed by atoms with E-state index in [4.69, 9.17) is 9.84 Å². The summed E-state index contributed by atoms with van der Waals surface area (Å²) in [6.07, 6.45) is 1.87. The Morgan fingerprint density at radius 1 is 1.56 bits per heavy atom. The van der Waals surface area contributed by atoms with Gasteiger partial charge in [-0.05, 0) is 26.7 Å². The molecule has 5 nitrogen and oxygen atoms in total. The number of hydrogen-bond acceptors (Lipinski definition) is 3. The molecule has 1 amide bonds. The van der Waals surface area contributed by atoms with Gasteiger partial charge in [-0.25, -0.2) is 4.79 Å². The van der Waals surface area contributed by atoms with Gasteiger partial charge in [0, 0.05) is 6.61 Å². The van der Waals surface area contributed by atoms with Gasteiger partial charge in [0.2, 0.25) is 5.91 Å². The minimum atomic E-state index is -1.04. The Morgan fingerprint density at radius 2 is 2.19 bits per heavy atom. The van der Waals surface area contributed by atoms with E-state index in [0.717, 1.165) is 0 Å². The predicted octanol–water partition coefficient (Wildman–Crippen LogP) is 0.947. The Hall–Kier alpha value is -1.36. The molecule has 0 saturated heterocycles. The van der Waals surface area contributed by atoms with E-state index in [1.54, 1.807) is 19.9 Å². The van der Waals surface area contributed by atoms with Crippen molar-refractivity contribution in [3.63, 3.8) is 0 Å². The lowest BCUT2D eigenvalue weighted by molar-refractivity contribution is -0.144. The maximum absolute atomic E-state index is 11.5. The van der Waals surface area contributed by atoms with Crippen LogP contribution in [-0.4, -0.2) is 35.7 Å². The highest BCUT2D eigenvalue weighted by molar-refractivity contribution is 5.86. The van der Waals surface area contributed by atoms with E-state index in [2.05, 4.69) is 11.9 Å². The molecule has 0 saturated carbocycles. The minimum Gasteiger partial charge on any atom is -0.480 e. The first-order valence-electron chi connectivity index (χ1n) is 5.28. The van der Waals surface area contributed by atoms with Crippen molar-refractivity contribution in [1.82, 2.24) is 5.32 Å². The van der Waals surface area contributed by atoms with E-state index >= 15 is 0 Å². The lowest BCUT2D eigenvalue weighted by Gasteiger charge is -2.17. The van der Waals surface area contributed by atoms with E-state index in [1.807, 2.05) is 0 Å². The zero-order chi connectivity index (χ0) is 12.6. The molecule has 0 aliphatic heterocycles. The molecule has 0 heterocycles. The molecule has 0 aromatic carbocycles. The molecule has 2 N–H and O–H groups in total. The van der Waals surface area contributed by atoms with Crippen molar-refractivity contribution in [2.75, 3.05) is 6.61 Å². The number of ether oxygens (including phenoxy) is 1. The van der Waals surface area contributed by atoms with Crippen LogP contribution in [0.15, 0.2) is 12.7 Å². The van der Waals surface area contributed by atoms with Crippen LogP contribution in [0.2, 0.25) is 0 Å². The van der Waals surface area contributed by atoms with E-state index in [-0.39, 0.29) is 0 Å². The fourth-order valence-electron chi connectivity index (χ4n) is 1.16. The summed E-state index contributed by atoms with van der Waals surface area (Å²) in [4.78, 5) is 22.3. The van der Waals surface area contributed by atoms with Crippen LogP contribution in [0.5, 0.6) is 0 Å². The first-order chi connectivity index (χ1) is 7.52. The highest BCUT2D eigenvalue weighted by atomic mass is 16.5. The summed E-state index contributed by atoms with van der Waals surface area (Å²) in [6, 6.07) is -0.881. The third-order valence-electron chi connectivity index (χ3n) is 2.06. The third-order valence-corrected chi connectivity index (χ3v) is 2.06. The van der Waals surface area contributed by atoms with Gasteiger partial charge < -0.3 is 15.2 Å². The molecule has 16 heavy (non-hydrogen) atoms. The SMILES string of the molecule is C=CCCC(NC(=O)C(C)OCC)C(=O)O. The van der Waals surface area contributed by atoms with Gasteiger partial charge >= 0.3 is 5.97 Å². The Morgan fingerprint density at radius 3 is 2.62 bits per heavy atom. The normalized spacial score (nSPS) is 13.9. The smallest absolute Gasteiger partial charge is 0.326 e. The summed E-state index contributed by atoms with van der Waals surface area (Å²) in [5.41, 5.74) is 0. The molecule has 0 bridgehead atoms. The van der Waals surface area contributed by atoms with Crippen LogP contribution in [0.4, 0.5) is 0 Å². The second kappa shape index (κ2) is 7.87. The van der Waals surface area contributed by atoms with Crippen LogP contribution in [0, 0.1) is 0 Å². The van der Waals surface area contributed by atoms with Crippen molar-refractivity contribution in [2.24, 2.45) is 0 Å². The van der Waals surface area contributed by atoms with Gasteiger partial charge in [0.05, 0.1) is 0 Å². The van der Waals surface area contributed by atoms with Crippen molar-refractivity contribution >= 4 is 11.9 Å². The van der Waals surface area contributed by atoms with Crippen LogP contribution in [-0.2, 0) is 14.3 Å². The number of carbonyl (C=O) groups is 2. The van der Waals surface area contributed by atoms with Crippen molar-refractivity contribution < 1.29 is 19.4 Å². The molecule has 5 heteroatoms. The molecule has 92 valence electrons. The molecule has 2 atom stereocenters. The van der Waals surface area contributed by atoms with Gasteiger partial charge in [-0.15, -0.1) is 6.58 Å². The standard InChI is InChI=1S/C11H19NO4/c1-4-6-7-9(11(14)15)12-10(13)8(3)16-5-2/h4,8-9H,1,5-7H2,2-3H3,(H,12,13)(H,14,15).